The van der Waals surface area contributed by atoms with E-state index < -0.39 is 0 Å². The molecule has 0 aliphatic rings. The quantitative estimate of drug-likeness (QED) is 0.677. The second kappa shape index (κ2) is 5.54. The number of rotatable bonds is 4. The van der Waals surface area contributed by atoms with Gasteiger partial charge < -0.3 is 4.57 Å². The van der Waals surface area contributed by atoms with Crippen LogP contribution in [0.2, 0.25) is 0 Å². The standard InChI is InChI=1S/C15H16ClN3S/c1-10-5-6-12-15(17-10)19(14(18-12)7-8-16)11(2)13-4-3-9-20-13/h3-6,9,11H,7-8H2,1-2H3. The van der Waals surface area contributed by atoms with Crippen molar-refractivity contribution in [2.75, 3.05) is 5.88 Å². The average molecular weight is 306 g/mol. The van der Waals surface area contributed by atoms with E-state index in [0.29, 0.717) is 5.88 Å². The summed E-state index contributed by atoms with van der Waals surface area (Å²) >= 11 is 7.68. The molecule has 0 saturated heterocycles. The highest BCUT2D eigenvalue weighted by atomic mass is 35.5. The van der Waals surface area contributed by atoms with E-state index in [4.69, 9.17) is 16.6 Å². The Kier molecular flexibility index (Phi) is 3.76. The summed E-state index contributed by atoms with van der Waals surface area (Å²) in [6, 6.07) is 8.50. The molecule has 3 aromatic heterocycles. The molecule has 0 aromatic carbocycles. The van der Waals surface area contributed by atoms with Crippen molar-refractivity contribution in [2.45, 2.75) is 26.3 Å². The van der Waals surface area contributed by atoms with Crippen LogP contribution in [0.4, 0.5) is 0 Å². The third-order valence-electron chi connectivity index (χ3n) is 3.41. The predicted molar refractivity (Wildman–Crippen MR) is 84.8 cm³/mol. The lowest BCUT2D eigenvalue weighted by Crippen LogP contribution is -2.11. The van der Waals surface area contributed by atoms with Gasteiger partial charge in [0.2, 0.25) is 0 Å². The summed E-state index contributed by atoms with van der Waals surface area (Å²) in [5, 5.41) is 2.10. The van der Waals surface area contributed by atoms with Crippen molar-refractivity contribution in [1.82, 2.24) is 14.5 Å². The first kappa shape index (κ1) is 13.6. The second-order valence-electron chi connectivity index (χ2n) is 4.82. The first-order valence-electron chi connectivity index (χ1n) is 6.64. The van der Waals surface area contributed by atoms with E-state index in [2.05, 4.69) is 34.0 Å². The molecular weight excluding hydrogens is 290 g/mol. The van der Waals surface area contributed by atoms with Gasteiger partial charge in [-0.05, 0) is 37.4 Å². The van der Waals surface area contributed by atoms with Crippen molar-refractivity contribution in [3.8, 4) is 0 Å². The number of fused-ring (bicyclic) bond motifs is 1. The highest BCUT2D eigenvalue weighted by Crippen LogP contribution is 2.28. The minimum atomic E-state index is 0.229. The number of thiophene rings is 1. The molecule has 0 radical (unpaired) electrons. The molecule has 0 aliphatic heterocycles. The van der Waals surface area contributed by atoms with Crippen molar-refractivity contribution in [3.63, 3.8) is 0 Å². The van der Waals surface area contributed by atoms with Crippen LogP contribution in [-0.2, 0) is 6.42 Å². The van der Waals surface area contributed by atoms with Crippen molar-refractivity contribution in [2.24, 2.45) is 0 Å². The van der Waals surface area contributed by atoms with E-state index in [9.17, 15) is 0 Å². The number of nitrogens with zero attached hydrogens (tertiary/aromatic N) is 3. The van der Waals surface area contributed by atoms with Crippen molar-refractivity contribution in [1.29, 1.82) is 0 Å². The van der Waals surface area contributed by atoms with Gasteiger partial charge >= 0.3 is 0 Å². The molecule has 0 amide bonds. The number of alkyl halides is 1. The van der Waals surface area contributed by atoms with Crippen LogP contribution in [-0.4, -0.2) is 20.4 Å². The Hall–Kier alpha value is -1.39. The topological polar surface area (TPSA) is 30.7 Å². The normalized spacial score (nSPS) is 12.9. The summed E-state index contributed by atoms with van der Waals surface area (Å²) in [6.45, 7) is 4.20. The van der Waals surface area contributed by atoms with Crippen LogP contribution in [0.3, 0.4) is 0 Å². The van der Waals surface area contributed by atoms with E-state index in [1.54, 1.807) is 11.3 Å². The molecule has 5 heteroatoms. The van der Waals surface area contributed by atoms with Gasteiger partial charge in [0.25, 0.3) is 0 Å². The Morgan fingerprint density at radius 2 is 2.15 bits per heavy atom. The molecule has 0 N–H and O–H groups in total. The fourth-order valence-electron chi connectivity index (χ4n) is 2.44. The number of pyridine rings is 1. The summed E-state index contributed by atoms with van der Waals surface area (Å²) in [6.07, 6.45) is 0.757. The van der Waals surface area contributed by atoms with Gasteiger partial charge in [-0.25, -0.2) is 9.97 Å². The van der Waals surface area contributed by atoms with Crippen molar-refractivity contribution >= 4 is 34.1 Å². The molecule has 3 nitrogen and oxygen atoms in total. The fraction of sp³-hybridized carbons (Fsp3) is 0.333. The molecule has 0 saturated carbocycles. The second-order valence-corrected chi connectivity index (χ2v) is 6.18. The van der Waals surface area contributed by atoms with Gasteiger partial charge in [-0.15, -0.1) is 22.9 Å². The molecular formula is C15H16ClN3S. The van der Waals surface area contributed by atoms with Gasteiger partial charge in [0, 0.05) is 22.9 Å². The maximum Gasteiger partial charge on any atom is 0.160 e. The van der Waals surface area contributed by atoms with E-state index in [0.717, 1.165) is 29.1 Å². The molecule has 0 spiro atoms. The third-order valence-corrected chi connectivity index (χ3v) is 4.64. The fourth-order valence-corrected chi connectivity index (χ4v) is 3.38. The van der Waals surface area contributed by atoms with Crippen molar-refractivity contribution < 1.29 is 0 Å². The Morgan fingerprint density at radius 3 is 2.85 bits per heavy atom. The van der Waals surface area contributed by atoms with Crippen LogP contribution >= 0.6 is 22.9 Å². The van der Waals surface area contributed by atoms with Crippen LogP contribution in [0.25, 0.3) is 11.2 Å². The minimum absolute atomic E-state index is 0.229. The molecule has 0 aliphatic carbocycles. The van der Waals surface area contributed by atoms with Gasteiger partial charge in [-0.1, -0.05) is 6.07 Å². The highest BCUT2D eigenvalue weighted by molar-refractivity contribution is 7.10. The molecule has 3 aromatic rings. The van der Waals surface area contributed by atoms with Gasteiger partial charge in [0.1, 0.15) is 11.3 Å². The zero-order valence-electron chi connectivity index (χ0n) is 11.5. The maximum atomic E-state index is 5.93. The van der Waals surface area contributed by atoms with E-state index in [1.165, 1.54) is 4.88 Å². The molecule has 3 rings (SSSR count). The number of aromatic nitrogens is 3. The van der Waals surface area contributed by atoms with Gasteiger partial charge in [-0.3, -0.25) is 0 Å². The predicted octanol–water partition coefficient (Wildman–Crippen LogP) is 4.19. The molecule has 1 unspecified atom stereocenters. The lowest BCUT2D eigenvalue weighted by molar-refractivity contribution is 0.628. The number of halogens is 1. The average Bonchev–Trinajstić information content (AvgIpc) is 3.05. The zero-order chi connectivity index (χ0) is 14.1. The third kappa shape index (κ3) is 2.34. The number of aryl methyl sites for hydroxylation is 2. The summed E-state index contributed by atoms with van der Waals surface area (Å²) in [7, 11) is 0. The molecule has 20 heavy (non-hydrogen) atoms. The minimum Gasteiger partial charge on any atom is -0.304 e. The molecule has 1 atom stereocenters. The van der Waals surface area contributed by atoms with Crippen LogP contribution in [0.1, 0.15) is 29.4 Å². The van der Waals surface area contributed by atoms with Crippen LogP contribution in [0, 0.1) is 6.92 Å². The Bertz CT molecular complexity index is 718. The Morgan fingerprint density at radius 1 is 1.30 bits per heavy atom. The lowest BCUT2D eigenvalue weighted by atomic mass is 10.2. The van der Waals surface area contributed by atoms with Gasteiger partial charge in [0.05, 0.1) is 6.04 Å². The van der Waals surface area contributed by atoms with Crippen LogP contribution < -0.4 is 0 Å². The summed E-state index contributed by atoms with van der Waals surface area (Å²) < 4.78 is 2.22. The first-order chi connectivity index (χ1) is 9.70. The van der Waals surface area contributed by atoms with Crippen LogP contribution in [0.5, 0.6) is 0 Å². The smallest absolute Gasteiger partial charge is 0.160 e. The van der Waals surface area contributed by atoms with Gasteiger partial charge in [0.15, 0.2) is 5.65 Å². The van der Waals surface area contributed by atoms with E-state index >= 15 is 0 Å². The zero-order valence-corrected chi connectivity index (χ0v) is 13.1. The SMILES string of the molecule is Cc1ccc2nc(CCCl)n(C(C)c3cccs3)c2n1. The monoisotopic (exact) mass is 305 g/mol. The molecule has 0 bridgehead atoms. The number of imidazole rings is 1. The van der Waals surface area contributed by atoms with E-state index in [-0.39, 0.29) is 6.04 Å². The Labute approximate surface area is 127 Å². The van der Waals surface area contributed by atoms with E-state index in [1.807, 2.05) is 19.1 Å². The summed E-state index contributed by atoms with van der Waals surface area (Å²) in [4.78, 5) is 10.7. The largest absolute Gasteiger partial charge is 0.304 e. The lowest BCUT2D eigenvalue weighted by Gasteiger charge is -2.15. The highest BCUT2D eigenvalue weighted by Gasteiger charge is 2.18. The van der Waals surface area contributed by atoms with Crippen molar-refractivity contribution in [3.05, 3.63) is 46.0 Å². The first-order valence-corrected chi connectivity index (χ1v) is 8.06. The van der Waals surface area contributed by atoms with Gasteiger partial charge in [-0.2, -0.15) is 0 Å². The Balaban J connectivity index is 2.19. The van der Waals surface area contributed by atoms with Crippen LogP contribution in [0.15, 0.2) is 29.6 Å². The summed E-state index contributed by atoms with van der Waals surface area (Å²) in [5.41, 5.74) is 2.90. The maximum absolute atomic E-state index is 5.93. The molecule has 104 valence electrons. The number of hydrogen-bond acceptors (Lipinski definition) is 3. The molecule has 3 heterocycles. The molecule has 0 fully saturated rings. The number of hydrogen-bond donors (Lipinski definition) is 0. The summed E-state index contributed by atoms with van der Waals surface area (Å²) in [5.74, 6) is 1.58.